The molecule has 0 aliphatic heterocycles. The van der Waals surface area contributed by atoms with Crippen molar-refractivity contribution >= 4 is 33.2 Å². The van der Waals surface area contributed by atoms with E-state index in [1.165, 1.54) is 4.31 Å². The second kappa shape index (κ2) is 10.1. The van der Waals surface area contributed by atoms with Crippen molar-refractivity contribution in [3.05, 3.63) is 54.1 Å². The summed E-state index contributed by atoms with van der Waals surface area (Å²) in [5.74, 6) is -0.00733. The molecule has 0 radical (unpaired) electrons. The van der Waals surface area contributed by atoms with Crippen LogP contribution in [0.15, 0.2) is 53.4 Å². The van der Waals surface area contributed by atoms with E-state index < -0.39 is 10.0 Å². The van der Waals surface area contributed by atoms with E-state index in [2.05, 4.69) is 10.6 Å². The van der Waals surface area contributed by atoms with Gasteiger partial charge >= 0.3 is 0 Å². The first-order valence-corrected chi connectivity index (χ1v) is 12.1. The minimum Gasteiger partial charge on any atom is -0.326 e. The van der Waals surface area contributed by atoms with Crippen molar-refractivity contribution < 1.29 is 18.0 Å². The Morgan fingerprint density at radius 2 is 1.58 bits per heavy atom. The van der Waals surface area contributed by atoms with Crippen LogP contribution < -0.4 is 10.6 Å². The van der Waals surface area contributed by atoms with Gasteiger partial charge in [0.2, 0.25) is 21.8 Å². The molecule has 0 spiro atoms. The molecule has 1 aliphatic carbocycles. The van der Waals surface area contributed by atoms with Crippen LogP contribution in [0, 0.1) is 5.92 Å². The molecule has 8 heteroatoms. The Hall–Kier alpha value is -2.71. The standard InChI is InChI=1S/C23H29N3O4S/c1-3-26(4-2)31(29,30)21-13-8-17(9-14-21)10-15-22(27)24-19-6-5-7-20(16-19)25-23(28)18-11-12-18/h5-9,13-14,16,18H,3-4,10-12,15H2,1-2H3,(H,24,27)(H,25,28). The Bertz CT molecular complexity index is 1030. The van der Waals surface area contributed by atoms with Crippen molar-refractivity contribution in [3.63, 3.8) is 0 Å². The number of carbonyl (C=O) groups is 2. The Kier molecular flexibility index (Phi) is 7.46. The third-order valence-electron chi connectivity index (χ3n) is 5.27. The summed E-state index contributed by atoms with van der Waals surface area (Å²) >= 11 is 0. The third kappa shape index (κ3) is 6.15. The number of amides is 2. The zero-order valence-corrected chi connectivity index (χ0v) is 18.7. The number of rotatable bonds is 10. The van der Waals surface area contributed by atoms with E-state index in [-0.39, 0.29) is 29.0 Å². The van der Waals surface area contributed by atoms with Crippen LogP contribution in [0.25, 0.3) is 0 Å². The number of carbonyl (C=O) groups excluding carboxylic acids is 2. The topological polar surface area (TPSA) is 95.6 Å². The molecule has 0 atom stereocenters. The number of hydrogen-bond acceptors (Lipinski definition) is 4. The highest BCUT2D eigenvalue weighted by Gasteiger charge is 2.29. The Morgan fingerprint density at radius 3 is 2.16 bits per heavy atom. The average Bonchev–Trinajstić information content (AvgIpc) is 3.59. The lowest BCUT2D eigenvalue weighted by atomic mass is 10.1. The summed E-state index contributed by atoms with van der Waals surface area (Å²) in [4.78, 5) is 24.5. The molecule has 7 nitrogen and oxygen atoms in total. The van der Waals surface area contributed by atoms with Crippen molar-refractivity contribution in [2.45, 2.75) is 44.4 Å². The van der Waals surface area contributed by atoms with E-state index in [1.54, 1.807) is 48.5 Å². The summed E-state index contributed by atoms with van der Waals surface area (Å²) in [7, 11) is -3.48. The first-order valence-electron chi connectivity index (χ1n) is 10.6. The van der Waals surface area contributed by atoms with Crippen LogP contribution in [0.5, 0.6) is 0 Å². The normalized spacial score (nSPS) is 13.8. The number of anilines is 2. The molecule has 0 unspecified atom stereocenters. The highest BCUT2D eigenvalue weighted by molar-refractivity contribution is 7.89. The minimum atomic E-state index is -3.48. The maximum atomic E-state index is 12.5. The fraction of sp³-hybridized carbons (Fsp3) is 0.391. The second-order valence-corrected chi connectivity index (χ2v) is 9.56. The second-order valence-electron chi connectivity index (χ2n) is 7.63. The maximum absolute atomic E-state index is 12.5. The summed E-state index contributed by atoms with van der Waals surface area (Å²) in [6, 6.07) is 13.8. The smallest absolute Gasteiger partial charge is 0.243 e. The van der Waals surface area contributed by atoms with Crippen LogP contribution in [0.1, 0.15) is 38.7 Å². The molecule has 3 rings (SSSR count). The van der Waals surface area contributed by atoms with E-state index in [4.69, 9.17) is 0 Å². The van der Waals surface area contributed by atoms with Gasteiger partial charge in [0.15, 0.2) is 0 Å². The van der Waals surface area contributed by atoms with Crippen molar-refractivity contribution in [2.75, 3.05) is 23.7 Å². The van der Waals surface area contributed by atoms with Crippen LogP contribution in [-0.2, 0) is 26.0 Å². The molecule has 0 bridgehead atoms. The molecule has 31 heavy (non-hydrogen) atoms. The SMILES string of the molecule is CCN(CC)S(=O)(=O)c1ccc(CCC(=O)Nc2cccc(NC(=O)C3CC3)c2)cc1. The molecule has 0 saturated heterocycles. The predicted molar refractivity (Wildman–Crippen MR) is 121 cm³/mol. The molecule has 1 saturated carbocycles. The van der Waals surface area contributed by atoms with Gasteiger partial charge in [-0.05, 0) is 55.2 Å². The molecule has 2 amide bonds. The summed E-state index contributed by atoms with van der Waals surface area (Å²) in [5.41, 5.74) is 2.18. The molecule has 166 valence electrons. The van der Waals surface area contributed by atoms with E-state index in [1.807, 2.05) is 13.8 Å². The van der Waals surface area contributed by atoms with Gasteiger partial charge in [-0.1, -0.05) is 32.0 Å². The van der Waals surface area contributed by atoms with E-state index in [9.17, 15) is 18.0 Å². The number of nitrogens with zero attached hydrogens (tertiary/aromatic N) is 1. The molecule has 2 N–H and O–H groups in total. The van der Waals surface area contributed by atoms with E-state index in [0.29, 0.717) is 30.9 Å². The lowest BCUT2D eigenvalue weighted by Crippen LogP contribution is -2.30. The zero-order chi connectivity index (χ0) is 22.4. The lowest BCUT2D eigenvalue weighted by Gasteiger charge is -2.18. The number of nitrogens with one attached hydrogen (secondary N) is 2. The Labute approximate surface area is 183 Å². The Morgan fingerprint density at radius 1 is 0.968 bits per heavy atom. The average molecular weight is 444 g/mol. The quantitative estimate of drug-likeness (QED) is 0.586. The van der Waals surface area contributed by atoms with Crippen LogP contribution in [-0.4, -0.2) is 37.6 Å². The summed E-state index contributed by atoms with van der Waals surface area (Å²) < 4.78 is 26.5. The lowest BCUT2D eigenvalue weighted by molar-refractivity contribution is -0.117. The number of sulfonamides is 1. The molecule has 0 heterocycles. The zero-order valence-electron chi connectivity index (χ0n) is 17.9. The third-order valence-corrected chi connectivity index (χ3v) is 7.33. The van der Waals surface area contributed by atoms with Crippen LogP contribution in [0.4, 0.5) is 11.4 Å². The van der Waals surface area contributed by atoms with Crippen LogP contribution in [0.2, 0.25) is 0 Å². The highest BCUT2D eigenvalue weighted by Crippen LogP contribution is 2.30. The van der Waals surface area contributed by atoms with Gasteiger partial charge in [0, 0.05) is 36.8 Å². The van der Waals surface area contributed by atoms with Gasteiger partial charge < -0.3 is 10.6 Å². The van der Waals surface area contributed by atoms with E-state index >= 15 is 0 Å². The Balaban J connectivity index is 1.53. The highest BCUT2D eigenvalue weighted by atomic mass is 32.2. The summed E-state index contributed by atoms with van der Waals surface area (Å²) in [6.45, 7) is 4.47. The summed E-state index contributed by atoms with van der Waals surface area (Å²) in [6.07, 6.45) is 2.63. The fourth-order valence-corrected chi connectivity index (χ4v) is 4.74. The van der Waals surface area contributed by atoms with Crippen LogP contribution in [0.3, 0.4) is 0 Å². The monoisotopic (exact) mass is 443 g/mol. The van der Waals surface area contributed by atoms with Gasteiger partial charge in [0.1, 0.15) is 0 Å². The molecule has 2 aromatic rings. The molecule has 0 aromatic heterocycles. The number of benzene rings is 2. The van der Waals surface area contributed by atoms with Crippen molar-refractivity contribution in [1.29, 1.82) is 0 Å². The number of aryl methyl sites for hydroxylation is 1. The van der Waals surface area contributed by atoms with Gasteiger partial charge in [0.25, 0.3) is 0 Å². The molecule has 1 fully saturated rings. The molecular weight excluding hydrogens is 414 g/mol. The van der Waals surface area contributed by atoms with Crippen molar-refractivity contribution in [3.8, 4) is 0 Å². The van der Waals surface area contributed by atoms with Gasteiger partial charge in [-0.2, -0.15) is 4.31 Å². The molecular formula is C23H29N3O4S. The van der Waals surface area contributed by atoms with Crippen LogP contribution >= 0.6 is 0 Å². The van der Waals surface area contributed by atoms with Gasteiger partial charge in [-0.25, -0.2) is 8.42 Å². The fourth-order valence-electron chi connectivity index (χ4n) is 3.29. The first-order chi connectivity index (χ1) is 14.8. The van der Waals surface area contributed by atoms with Gasteiger partial charge in [-0.15, -0.1) is 0 Å². The number of hydrogen-bond donors (Lipinski definition) is 2. The largest absolute Gasteiger partial charge is 0.326 e. The minimum absolute atomic E-state index is 0.0231. The first kappa shape index (κ1) is 23.0. The predicted octanol–water partition coefficient (Wildman–Crippen LogP) is 3.64. The van der Waals surface area contributed by atoms with Crippen molar-refractivity contribution in [1.82, 2.24) is 4.31 Å². The van der Waals surface area contributed by atoms with Gasteiger partial charge in [0.05, 0.1) is 4.90 Å². The van der Waals surface area contributed by atoms with E-state index in [0.717, 1.165) is 18.4 Å². The molecule has 1 aliphatic rings. The maximum Gasteiger partial charge on any atom is 0.243 e. The molecule has 2 aromatic carbocycles. The van der Waals surface area contributed by atoms with Gasteiger partial charge in [-0.3, -0.25) is 9.59 Å². The summed E-state index contributed by atoms with van der Waals surface area (Å²) in [5, 5.41) is 5.71. The van der Waals surface area contributed by atoms with Crippen molar-refractivity contribution in [2.24, 2.45) is 5.92 Å².